The molecule has 0 unspecified atom stereocenters. The Balaban J connectivity index is 2.17. The minimum atomic E-state index is 0.222. The van der Waals surface area contributed by atoms with Gasteiger partial charge in [0.1, 0.15) is 16.7 Å². The molecule has 0 bridgehead atoms. The number of hydrogen-bond donors (Lipinski definition) is 0. The van der Waals surface area contributed by atoms with E-state index < -0.39 is 0 Å². The van der Waals surface area contributed by atoms with Crippen LogP contribution in [0.4, 0.5) is 0 Å². The Morgan fingerprint density at radius 2 is 1.89 bits per heavy atom. The molecule has 1 aromatic heterocycles. The van der Waals surface area contributed by atoms with Crippen LogP contribution in [0, 0.1) is 11.3 Å². The van der Waals surface area contributed by atoms with E-state index in [4.69, 9.17) is 26.3 Å². The molecule has 0 aliphatic rings. The molecule has 4 nitrogen and oxygen atoms in total. The lowest BCUT2D eigenvalue weighted by Gasteiger charge is -2.07. The highest BCUT2D eigenvalue weighted by molar-refractivity contribution is 6.29. The van der Waals surface area contributed by atoms with Crippen molar-refractivity contribution in [2.24, 2.45) is 0 Å². The number of aromatic nitrogens is 1. The first-order chi connectivity index (χ1) is 9.21. The van der Waals surface area contributed by atoms with Crippen molar-refractivity contribution in [1.82, 2.24) is 4.98 Å². The van der Waals surface area contributed by atoms with E-state index in [1.165, 1.54) is 12.1 Å². The molecule has 0 fully saturated rings. The lowest BCUT2D eigenvalue weighted by atomic mass is 10.3. The molecule has 5 heteroatoms. The summed E-state index contributed by atoms with van der Waals surface area (Å²) in [6.07, 6.45) is 0. The fourth-order valence-corrected chi connectivity index (χ4v) is 1.68. The lowest BCUT2D eigenvalue weighted by molar-refractivity contribution is 0.339. The summed E-state index contributed by atoms with van der Waals surface area (Å²) in [5.74, 6) is 1.65. The third-order valence-corrected chi connectivity index (χ3v) is 2.45. The van der Waals surface area contributed by atoms with Gasteiger partial charge in [-0.2, -0.15) is 5.26 Å². The van der Waals surface area contributed by atoms with Crippen molar-refractivity contribution in [2.45, 2.75) is 6.92 Å². The molecule has 0 atom stereocenters. The van der Waals surface area contributed by atoms with Crippen molar-refractivity contribution < 1.29 is 9.47 Å². The van der Waals surface area contributed by atoms with Gasteiger partial charge in [-0.15, -0.1) is 0 Å². The second kappa shape index (κ2) is 6.07. The summed E-state index contributed by atoms with van der Waals surface area (Å²) in [5.41, 5.74) is 0.404. The van der Waals surface area contributed by atoms with Gasteiger partial charge in [-0.25, -0.2) is 4.98 Å². The number of ether oxygens (including phenoxy) is 2. The van der Waals surface area contributed by atoms with Crippen LogP contribution in [0.15, 0.2) is 36.4 Å². The zero-order valence-corrected chi connectivity index (χ0v) is 11.0. The SMILES string of the molecule is CCOc1ccc(Oc2cc(C#N)cc(Cl)n2)cc1. The van der Waals surface area contributed by atoms with E-state index in [0.717, 1.165) is 5.75 Å². The van der Waals surface area contributed by atoms with E-state index in [-0.39, 0.29) is 11.0 Å². The molecule has 0 saturated carbocycles. The first-order valence-corrected chi connectivity index (χ1v) is 6.07. The lowest BCUT2D eigenvalue weighted by Crippen LogP contribution is -1.92. The van der Waals surface area contributed by atoms with Gasteiger partial charge in [0.25, 0.3) is 0 Å². The minimum absolute atomic E-state index is 0.222. The maximum absolute atomic E-state index is 8.84. The number of nitriles is 1. The Morgan fingerprint density at radius 3 is 2.53 bits per heavy atom. The van der Waals surface area contributed by atoms with Gasteiger partial charge in [-0.3, -0.25) is 0 Å². The monoisotopic (exact) mass is 274 g/mol. The number of halogens is 1. The molecule has 0 saturated heterocycles. The maximum Gasteiger partial charge on any atom is 0.221 e. The first-order valence-electron chi connectivity index (χ1n) is 5.69. The number of rotatable bonds is 4. The van der Waals surface area contributed by atoms with Crippen molar-refractivity contribution in [3.8, 4) is 23.4 Å². The molecule has 0 spiro atoms. The standard InChI is InChI=1S/C14H11ClN2O2/c1-2-18-11-3-5-12(6-4-11)19-14-8-10(9-16)7-13(15)17-14/h3-8H,2H2,1H3. The van der Waals surface area contributed by atoms with Crippen molar-refractivity contribution >= 4 is 11.6 Å². The van der Waals surface area contributed by atoms with Crippen LogP contribution >= 0.6 is 11.6 Å². The summed E-state index contributed by atoms with van der Waals surface area (Å²) in [4.78, 5) is 4.00. The van der Waals surface area contributed by atoms with Gasteiger partial charge < -0.3 is 9.47 Å². The van der Waals surface area contributed by atoms with Gasteiger partial charge in [-0.1, -0.05) is 11.6 Å². The van der Waals surface area contributed by atoms with Gasteiger partial charge in [0, 0.05) is 6.07 Å². The number of benzene rings is 1. The predicted octanol–water partition coefficient (Wildman–Crippen LogP) is 3.80. The maximum atomic E-state index is 8.84. The normalized spacial score (nSPS) is 9.74. The molecule has 2 rings (SSSR count). The topological polar surface area (TPSA) is 55.1 Å². The van der Waals surface area contributed by atoms with Crippen molar-refractivity contribution in [2.75, 3.05) is 6.61 Å². The summed E-state index contributed by atoms with van der Waals surface area (Å²) in [6, 6.07) is 12.1. The highest BCUT2D eigenvalue weighted by Crippen LogP contribution is 2.24. The van der Waals surface area contributed by atoms with Crippen LogP contribution in [0.2, 0.25) is 5.15 Å². The van der Waals surface area contributed by atoms with E-state index in [0.29, 0.717) is 17.9 Å². The number of hydrogen-bond acceptors (Lipinski definition) is 4. The smallest absolute Gasteiger partial charge is 0.221 e. The second-order valence-electron chi connectivity index (χ2n) is 3.64. The molecular formula is C14H11ClN2O2. The Labute approximate surface area is 116 Å². The van der Waals surface area contributed by atoms with Crippen molar-refractivity contribution in [3.05, 3.63) is 47.1 Å². The van der Waals surface area contributed by atoms with E-state index in [1.54, 1.807) is 24.3 Å². The van der Waals surface area contributed by atoms with Gasteiger partial charge in [0.05, 0.1) is 18.2 Å². The zero-order valence-electron chi connectivity index (χ0n) is 10.3. The van der Waals surface area contributed by atoms with Crippen molar-refractivity contribution in [3.63, 3.8) is 0 Å². The predicted molar refractivity (Wildman–Crippen MR) is 71.6 cm³/mol. The Hall–Kier alpha value is -2.25. The molecule has 0 aliphatic heterocycles. The highest BCUT2D eigenvalue weighted by Gasteiger charge is 2.04. The summed E-state index contributed by atoms with van der Waals surface area (Å²) in [6.45, 7) is 2.53. The van der Waals surface area contributed by atoms with Crippen LogP contribution < -0.4 is 9.47 Å². The minimum Gasteiger partial charge on any atom is -0.494 e. The number of pyridine rings is 1. The van der Waals surface area contributed by atoms with Crippen LogP contribution in [0.5, 0.6) is 17.4 Å². The Morgan fingerprint density at radius 1 is 1.21 bits per heavy atom. The van der Waals surface area contributed by atoms with Gasteiger partial charge in [0.2, 0.25) is 5.88 Å². The molecule has 96 valence electrons. The van der Waals surface area contributed by atoms with Gasteiger partial charge in [0.15, 0.2) is 0 Å². The van der Waals surface area contributed by atoms with Crippen LogP contribution in [0.3, 0.4) is 0 Å². The number of nitrogens with zero attached hydrogens (tertiary/aromatic N) is 2. The molecule has 0 N–H and O–H groups in total. The fourth-order valence-electron chi connectivity index (χ4n) is 1.48. The second-order valence-corrected chi connectivity index (χ2v) is 4.02. The Bertz CT molecular complexity index is 606. The first kappa shape index (κ1) is 13.2. The van der Waals surface area contributed by atoms with Crippen LogP contribution in [-0.2, 0) is 0 Å². The molecule has 19 heavy (non-hydrogen) atoms. The summed E-state index contributed by atoms with van der Waals surface area (Å²) < 4.78 is 10.9. The molecule has 1 aromatic carbocycles. The largest absolute Gasteiger partial charge is 0.494 e. The van der Waals surface area contributed by atoms with Gasteiger partial charge >= 0.3 is 0 Å². The van der Waals surface area contributed by atoms with Crippen LogP contribution in [-0.4, -0.2) is 11.6 Å². The van der Waals surface area contributed by atoms with Crippen LogP contribution in [0.1, 0.15) is 12.5 Å². The van der Waals surface area contributed by atoms with Crippen LogP contribution in [0.25, 0.3) is 0 Å². The summed E-state index contributed by atoms with van der Waals surface area (Å²) in [5, 5.41) is 9.06. The molecule has 0 radical (unpaired) electrons. The molecule has 0 aliphatic carbocycles. The fraction of sp³-hybridized carbons (Fsp3) is 0.143. The third-order valence-electron chi connectivity index (χ3n) is 2.26. The average molecular weight is 275 g/mol. The zero-order chi connectivity index (χ0) is 13.7. The quantitative estimate of drug-likeness (QED) is 0.796. The highest BCUT2D eigenvalue weighted by atomic mass is 35.5. The average Bonchev–Trinajstić information content (AvgIpc) is 2.40. The summed E-state index contributed by atoms with van der Waals surface area (Å²) >= 11 is 5.80. The third kappa shape index (κ3) is 3.60. The molecule has 2 aromatic rings. The molecule has 0 amide bonds. The van der Waals surface area contributed by atoms with E-state index >= 15 is 0 Å². The van der Waals surface area contributed by atoms with E-state index in [1.807, 2.05) is 13.0 Å². The van der Waals surface area contributed by atoms with E-state index in [2.05, 4.69) is 4.98 Å². The molecular weight excluding hydrogens is 264 g/mol. The molecule has 1 heterocycles. The van der Waals surface area contributed by atoms with Crippen molar-refractivity contribution in [1.29, 1.82) is 5.26 Å². The summed E-state index contributed by atoms with van der Waals surface area (Å²) in [7, 11) is 0. The van der Waals surface area contributed by atoms with E-state index in [9.17, 15) is 0 Å². The van der Waals surface area contributed by atoms with Gasteiger partial charge in [-0.05, 0) is 37.3 Å². The Kier molecular flexibility index (Phi) is 4.22.